The van der Waals surface area contributed by atoms with Gasteiger partial charge in [0.15, 0.2) is 0 Å². The molecule has 0 saturated heterocycles. The van der Waals surface area contributed by atoms with Gasteiger partial charge in [0.25, 0.3) is 5.76 Å². The van der Waals surface area contributed by atoms with Gasteiger partial charge in [0.1, 0.15) is 17.1 Å². The van der Waals surface area contributed by atoms with Crippen molar-refractivity contribution < 1.29 is 31.9 Å². The molecule has 5 nitrogen and oxygen atoms in total. The SMILES string of the molecule is Cc1cc(C)c(C(=O)Oc2ccc3c(=O)c(Oc4ccccc4Cl)c(C(F)(F)F)oc3c2)c(C)c1. The molecule has 1 heterocycles. The molecule has 0 radical (unpaired) electrons. The quantitative estimate of drug-likeness (QED) is 0.215. The van der Waals surface area contributed by atoms with Crippen LogP contribution in [0.15, 0.2) is 63.8 Å². The second kappa shape index (κ2) is 9.11. The molecule has 1 aromatic heterocycles. The third kappa shape index (κ3) is 4.88. The highest BCUT2D eigenvalue weighted by atomic mass is 35.5. The molecule has 0 N–H and O–H groups in total. The lowest BCUT2D eigenvalue weighted by Gasteiger charge is -2.14. The van der Waals surface area contributed by atoms with E-state index >= 15 is 0 Å². The van der Waals surface area contributed by atoms with Crippen molar-refractivity contribution >= 4 is 28.5 Å². The van der Waals surface area contributed by atoms with Crippen LogP contribution in [0.3, 0.4) is 0 Å². The van der Waals surface area contributed by atoms with Crippen molar-refractivity contribution in [2.45, 2.75) is 26.9 Å². The Kier molecular flexibility index (Phi) is 6.34. The van der Waals surface area contributed by atoms with E-state index in [9.17, 15) is 22.8 Å². The number of hydrogen-bond acceptors (Lipinski definition) is 5. The van der Waals surface area contributed by atoms with E-state index in [-0.39, 0.29) is 21.9 Å². The van der Waals surface area contributed by atoms with Gasteiger partial charge in [-0.2, -0.15) is 13.2 Å². The maximum atomic E-state index is 13.8. The molecule has 9 heteroatoms. The van der Waals surface area contributed by atoms with Crippen LogP contribution in [0.25, 0.3) is 11.0 Å². The van der Waals surface area contributed by atoms with Crippen molar-refractivity contribution in [3.8, 4) is 17.2 Å². The van der Waals surface area contributed by atoms with E-state index in [1.807, 2.05) is 19.1 Å². The van der Waals surface area contributed by atoms with E-state index in [1.165, 1.54) is 30.3 Å². The fourth-order valence-corrected chi connectivity index (χ4v) is 3.97. The van der Waals surface area contributed by atoms with Crippen LogP contribution >= 0.6 is 11.6 Å². The van der Waals surface area contributed by atoms with Crippen molar-refractivity contribution in [2.75, 3.05) is 0 Å². The maximum Gasteiger partial charge on any atom is 0.453 e. The zero-order valence-electron chi connectivity index (χ0n) is 18.7. The number of benzene rings is 3. The fraction of sp³-hybridized carbons (Fsp3) is 0.154. The average molecular weight is 503 g/mol. The minimum atomic E-state index is -5.05. The molecule has 35 heavy (non-hydrogen) atoms. The van der Waals surface area contributed by atoms with Crippen LogP contribution in [0.1, 0.15) is 32.8 Å². The van der Waals surface area contributed by atoms with E-state index in [4.69, 9.17) is 25.5 Å². The summed E-state index contributed by atoms with van der Waals surface area (Å²) in [6.07, 6.45) is -5.05. The number of ether oxygens (including phenoxy) is 2. The summed E-state index contributed by atoms with van der Waals surface area (Å²) in [5, 5.41) is -0.174. The Hall–Kier alpha value is -3.78. The van der Waals surface area contributed by atoms with Gasteiger partial charge in [-0.1, -0.05) is 41.4 Å². The molecule has 0 bridgehead atoms. The average Bonchev–Trinajstić information content (AvgIpc) is 2.75. The lowest BCUT2D eigenvalue weighted by Crippen LogP contribution is -2.16. The van der Waals surface area contributed by atoms with Gasteiger partial charge >= 0.3 is 12.1 Å². The van der Waals surface area contributed by atoms with Crippen LogP contribution in [0, 0.1) is 20.8 Å². The number of carbonyl (C=O) groups excluding carboxylic acids is 1. The monoisotopic (exact) mass is 502 g/mol. The van der Waals surface area contributed by atoms with Gasteiger partial charge in [-0.15, -0.1) is 0 Å². The maximum absolute atomic E-state index is 13.8. The molecule has 3 aromatic carbocycles. The normalized spacial score (nSPS) is 11.5. The Morgan fingerprint density at radius 2 is 1.63 bits per heavy atom. The summed E-state index contributed by atoms with van der Waals surface area (Å²) in [6.45, 7) is 5.40. The Labute approximate surface area is 202 Å². The van der Waals surface area contributed by atoms with Crippen LogP contribution < -0.4 is 14.9 Å². The number of hydrogen-bond donors (Lipinski definition) is 0. The molecule has 180 valence electrons. The number of halogens is 4. The molecular formula is C26H18ClF3O5. The summed E-state index contributed by atoms with van der Waals surface area (Å²) in [5.41, 5.74) is 1.23. The molecule has 0 aliphatic heterocycles. The highest BCUT2D eigenvalue weighted by Crippen LogP contribution is 2.40. The first kappa shape index (κ1) is 24.3. The molecular weight excluding hydrogens is 485 g/mol. The van der Waals surface area contributed by atoms with Gasteiger partial charge < -0.3 is 13.9 Å². The third-order valence-corrected chi connectivity index (χ3v) is 5.53. The van der Waals surface area contributed by atoms with Crippen molar-refractivity contribution in [1.29, 1.82) is 0 Å². The first-order valence-corrected chi connectivity index (χ1v) is 10.7. The topological polar surface area (TPSA) is 65.7 Å². The summed E-state index contributed by atoms with van der Waals surface area (Å²) in [7, 11) is 0. The zero-order chi connectivity index (χ0) is 25.5. The van der Waals surface area contributed by atoms with Crippen LogP contribution in [-0.2, 0) is 6.18 Å². The van der Waals surface area contributed by atoms with Crippen molar-refractivity contribution in [3.05, 3.63) is 97.9 Å². The van der Waals surface area contributed by atoms with Gasteiger partial charge in [-0.3, -0.25) is 4.79 Å². The van der Waals surface area contributed by atoms with Crippen molar-refractivity contribution in [2.24, 2.45) is 0 Å². The van der Waals surface area contributed by atoms with Gasteiger partial charge in [0.05, 0.1) is 16.0 Å². The first-order valence-electron chi connectivity index (χ1n) is 10.4. The molecule has 0 unspecified atom stereocenters. The third-order valence-electron chi connectivity index (χ3n) is 5.22. The van der Waals surface area contributed by atoms with Crippen molar-refractivity contribution in [1.82, 2.24) is 0 Å². The number of alkyl halides is 3. The molecule has 0 fully saturated rings. The van der Waals surface area contributed by atoms with E-state index in [0.29, 0.717) is 16.7 Å². The summed E-state index contributed by atoms with van der Waals surface area (Å²) >= 11 is 5.97. The Balaban J connectivity index is 1.78. The Bertz CT molecular complexity index is 1500. The molecule has 4 rings (SSSR count). The van der Waals surface area contributed by atoms with E-state index in [1.54, 1.807) is 19.9 Å². The molecule has 0 saturated carbocycles. The van der Waals surface area contributed by atoms with Gasteiger partial charge in [-0.25, -0.2) is 4.79 Å². The number of fused-ring (bicyclic) bond motifs is 1. The van der Waals surface area contributed by atoms with E-state index in [0.717, 1.165) is 11.6 Å². The molecule has 0 aliphatic rings. The summed E-state index contributed by atoms with van der Waals surface area (Å²) in [5.74, 6) is -3.59. The minimum Gasteiger partial charge on any atom is -0.448 e. The second-order valence-corrected chi connectivity index (χ2v) is 8.35. The Morgan fingerprint density at radius 1 is 0.971 bits per heavy atom. The van der Waals surface area contributed by atoms with Crippen LogP contribution in [0.4, 0.5) is 13.2 Å². The summed E-state index contributed by atoms with van der Waals surface area (Å²) < 4.78 is 57.0. The van der Waals surface area contributed by atoms with Crippen molar-refractivity contribution in [3.63, 3.8) is 0 Å². The predicted molar refractivity (Wildman–Crippen MR) is 125 cm³/mol. The van der Waals surface area contributed by atoms with Crippen LogP contribution in [-0.4, -0.2) is 5.97 Å². The van der Waals surface area contributed by atoms with Gasteiger partial charge in [0.2, 0.25) is 11.2 Å². The number of carbonyl (C=O) groups is 1. The van der Waals surface area contributed by atoms with E-state index < -0.39 is 34.7 Å². The summed E-state index contributed by atoms with van der Waals surface area (Å²) in [4.78, 5) is 25.7. The lowest BCUT2D eigenvalue weighted by molar-refractivity contribution is -0.154. The summed E-state index contributed by atoms with van der Waals surface area (Å²) in [6, 6.07) is 13.0. The largest absolute Gasteiger partial charge is 0.453 e. The minimum absolute atomic E-state index is 0.0177. The highest BCUT2D eigenvalue weighted by Gasteiger charge is 2.40. The van der Waals surface area contributed by atoms with Gasteiger partial charge in [-0.05, 0) is 56.2 Å². The highest BCUT2D eigenvalue weighted by molar-refractivity contribution is 6.32. The van der Waals surface area contributed by atoms with Crippen LogP contribution in [0.2, 0.25) is 5.02 Å². The van der Waals surface area contributed by atoms with Crippen LogP contribution in [0.5, 0.6) is 17.2 Å². The fourth-order valence-electron chi connectivity index (χ4n) is 3.80. The first-order chi connectivity index (χ1) is 16.5. The molecule has 0 spiro atoms. The molecule has 4 aromatic rings. The molecule has 0 atom stereocenters. The number of esters is 1. The standard InChI is InChI=1S/C26H18ClF3O5/c1-13-10-14(2)21(15(3)11-13)25(32)33-16-8-9-17-20(12-16)35-24(26(28,29)30)23(22(17)31)34-19-7-5-4-6-18(19)27/h4-12H,1-3H3. The second-order valence-electron chi connectivity index (χ2n) is 7.94. The molecule has 0 amide bonds. The predicted octanol–water partition coefficient (Wildman–Crippen LogP) is 7.40. The van der Waals surface area contributed by atoms with Gasteiger partial charge in [0, 0.05) is 6.07 Å². The number of aryl methyl sites for hydroxylation is 3. The van der Waals surface area contributed by atoms with E-state index in [2.05, 4.69) is 0 Å². The number of para-hydroxylation sites is 1. The smallest absolute Gasteiger partial charge is 0.448 e. The Morgan fingerprint density at radius 3 is 2.26 bits per heavy atom. The zero-order valence-corrected chi connectivity index (χ0v) is 19.5. The molecule has 0 aliphatic carbocycles. The lowest BCUT2D eigenvalue weighted by atomic mass is 10.00. The number of rotatable bonds is 4.